The first-order valence-corrected chi connectivity index (χ1v) is 7.43. The summed E-state index contributed by atoms with van der Waals surface area (Å²) >= 11 is 1.61. The number of amides is 1. The van der Waals surface area contributed by atoms with E-state index in [0.29, 0.717) is 17.9 Å². The van der Waals surface area contributed by atoms with Gasteiger partial charge in [-0.15, -0.1) is 11.8 Å². The van der Waals surface area contributed by atoms with Crippen LogP contribution in [-0.2, 0) is 11.2 Å². The van der Waals surface area contributed by atoms with Gasteiger partial charge in [0.25, 0.3) is 0 Å². The lowest BCUT2D eigenvalue weighted by molar-refractivity contribution is -0.115. The lowest BCUT2D eigenvalue weighted by atomic mass is 10.1. The molecule has 0 atom stereocenters. The number of ether oxygens (including phenoxy) is 1. The van der Waals surface area contributed by atoms with Gasteiger partial charge in [0.2, 0.25) is 5.91 Å². The fraction of sp³-hybridized carbons (Fsp3) is 0.133. The van der Waals surface area contributed by atoms with Crippen molar-refractivity contribution >= 4 is 29.0 Å². The van der Waals surface area contributed by atoms with Crippen molar-refractivity contribution < 1.29 is 9.53 Å². The van der Waals surface area contributed by atoms with Crippen molar-refractivity contribution in [3.05, 3.63) is 42.0 Å². The number of nitrogen functional groups attached to an aromatic ring is 1. The Balaban J connectivity index is 1.96. The average Bonchev–Trinajstić information content (AvgIpc) is 2.79. The average molecular weight is 286 g/mol. The topological polar surface area (TPSA) is 64.3 Å². The van der Waals surface area contributed by atoms with Crippen LogP contribution < -0.4 is 15.8 Å². The van der Waals surface area contributed by atoms with Gasteiger partial charge in [-0.05, 0) is 30.0 Å². The van der Waals surface area contributed by atoms with Crippen molar-refractivity contribution in [1.82, 2.24) is 0 Å². The monoisotopic (exact) mass is 286 g/mol. The first-order valence-electron chi connectivity index (χ1n) is 6.20. The minimum Gasteiger partial charge on any atom is -0.454 e. The Kier molecular flexibility index (Phi) is 3.28. The highest BCUT2D eigenvalue weighted by Crippen LogP contribution is 2.38. The number of para-hydroxylation sites is 1. The summed E-state index contributed by atoms with van der Waals surface area (Å²) in [5.74, 6) is 1.31. The van der Waals surface area contributed by atoms with Gasteiger partial charge in [0, 0.05) is 16.6 Å². The van der Waals surface area contributed by atoms with E-state index >= 15 is 0 Å². The van der Waals surface area contributed by atoms with Crippen molar-refractivity contribution in [3.8, 4) is 11.5 Å². The number of thioether (sulfide) groups is 1. The molecular weight excluding hydrogens is 272 g/mol. The minimum atomic E-state index is -0.0129. The summed E-state index contributed by atoms with van der Waals surface area (Å²) in [6.07, 6.45) is 2.37. The molecule has 1 heterocycles. The number of rotatable bonds is 3. The Labute approximate surface area is 121 Å². The molecule has 0 saturated carbocycles. The third-order valence-corrected chi connectivity index (χ3v) is 3.93. The van der Waals surface area contributed by atoms with E-state index in [0.717, 1.165) is 21.9 Å². The van der Waals surface area contributed by atoms with Crippen molar-refractivity contribution in [2.45, 2.75) is 11.3 Å². The molecule has 0 radical (unpaired) electrons. The molecule has 102 valence electrons. The second-order valence-corrected chi connectivity index (χ2v) is 5.37. The maximum atomic E-state index is 11.4. The first kappa shape index (κ1) is 12.9. The van der Waals surface area contributed by atoms with E-state index in [1.807, 2.05) is 30.5 Å². The lowest BCUT2D eigenvalue weighted by Gasteiger charge is -2.12. The van der Waals surface area contributed by atoms with Gasteiger partial charge in [-0.25, -0.2) is 0 Å². The number of nitrogens with two attached hydrogens (primary N) is 1. The lowest BCUT2D eigenvalue weighted by Crippen LogP contribution is -2.03. The molecule has 4 nitrogen and oxygen atoms in total. The van der Waals surface area contributed by atoms with E-state index in [4.69, 9.17) is 10.5 Å². The van der Waals surface area contributed by atoms with E-state index < -0.39 is 0 Å². The highest BCUT2D eigenvalue weighted by Gasteiger charge is 2.20. The zero-order valence-electron chi connectivity index (χ0n) is 11.0. The van der Waals surface area contributed by atoms with Crippen LogP contribution in [0.4, 0.5) is 11.4 Å². The Hall–Kier alpha value is -2.14. The molecule has 3 N–H and O–H groups in total. The van der Waals surface area contributed by atoms with Gasteiger partial charge < -0.3 is 15.8 Å². The number of anilines is 2. The van der Waals surface area contributed by atoms with Crippen LogP contribution in [0.2, 0.25) is 0 Å². The SMILES string of the molecule is CSc1ccccc1Oc1cc2c(cc1N)CC(=O)N2. The summed E-state index contributed by atoms with van der Waals surface area (Å²) in [5, 5.41) is 2.80. The Morgan fingerprint density at radius 2 is 2.05 bits per heavy atom. The Bertz CT molecular complexity index is 686. The molecule has 3 rings (SSSR count). The number of hydrogen-bond donors (Lipinski definition) is 2. The largest absolute Gasteiger partial charge is 0.454 e. The van der Waals surface area contributed by atoms with Crippen LogP contribution in [0.5, 0.6) is 11.5 Å². The quantitative estimate of drug-likeness (QED) is 0.671. The number of benzene rings is 2. The second-order valence-electron chi connectivity index (χ2n) is 4.53. The highest BCUT2D eigenvalue weighted by atomic mass is 32.2. The molecular formula is C15H14N2O2S. The maximum absolute atomic E-state index is 11.4. The van der Waals surface area contributed by atoms with Crippen LogP contribution >= 0.6 is 11.8 Å². The van der Waals surface area contributed by atoms with E-state index in [9.17, 15) is 4.79 Å². The summed E-state index contributed by atoms with van der Waals surface area (Å²) < 4.78 is 5.89. The van der Waals surface area contributed by atoms with E-state index in [1.54, 1.807) is 23.9 Å². The predicted octanol–water partition coefficient (Wildman–Crippen LogP) is 3.28. The summed E-state index contributed by atoms with van der Waals surface area (Å²) in [6.45, 7) is 0. The molecule has 0 bridgehead atoms. The molecule has 1 aliphatic rings. The van der Waals surface area contributed by atoms with Crippen LogP contribution in [0.3, 0.4) is 0 Å². The smallest absolute Gasteiger partial charge is 0.228 e. The summed E-state index contributed by atoms with van der Waals surface area (Å²) in [4.78, 5) is 12.4. The number of fused-ring (bicyclic) bond motifs is 1. The van der Waals surface area contributed by atoms with Gasteiger partial charge >= 0.3 is 0 Å². The van der Waals surface area contributed by atoms with E-state index in [1.165, 1.54) is 0 Å². The molecule has 0 saturated heterocycles. The second kappa shape index (κ2) is 5.09. The van der Waals surface area contributed by atoms with Crippen LogP contribution in [-0.4, -0.2) is 12.2 Å². The van der Waals surface area contributed by atoms with Crippen molar-refractivity contribution in [2.75, 3.05) is 17.3 Å². The normalized spacial score (nSPS) is 12.9. The van der Waals surface area contributed by atoms with Crippen molar-refractivity contribution in [3.63, 3.8) is 0 Å². The van der Waals surface area contributed by atoms with Gasteiger partial charge in [0.05, 0.1) is 12.1 Å². The molecule has 5 heteroatoms. The third kappa shape index (κ3) is 2.32. The molecule has 0 fully saturated rings. The van der Waals surface area contributed by atoms with Gasteiger partial charge in [0.15, 0.2) is 5.75 Å². The predicted molar refractivity (Wildman–Crippen MR) is 81.5 cm³/mol. The summed E-state index contributed by atoms with van der Waals surface area (Å²) in [6, 6.07) is 11.4. The minimum absolute atomic E-state index is 0.0129. The fourth-order valence-corrected chi connectivity index (χ4v) is 2.71. The number of nitrogens with one attached hydrogen (secondary N) is 1. The van der Waals surface area contributed by atoms with Gasteiger partial charge in [0.1, 0.15) is 5.75 Å². The highest BCUT2D eigenvalue weighted by molar-refractivity contribution is 7.98. The fourth-order valence-electron chi connectivity index (χ4n) is 2.18. The van der Waals surface area contributed by atoms with Crippen LogP contribution in [0.25, 0.3) is 0 Å². The zero-order chi connectivity index (χ0) is 14.1. The Morgan fingerprint density at radius 1 is 1.25 bits per heavy atom. The molecule has 0 aliphatic carbocycles. The molecule has 1 amide bonds. The van der Waals surface area contributed by atoms with Gasteiger partial charge in [-0.1, -0.05) is 12.1 Å². The van der Waals surface area contributed by atoms with Crippen LogP contribution in [0.15, 0.2) is 41.3 Å². The summed E-state index contributed by atoms with van der Waals surface area (Å²) in [5.41, 5.74) is 8.24. The van der Waals surface area contributed by atoms with Gasteiger partial charge in [-0.3, -0.25) is 4.79 Å². The molecule has 0 unspecified atom stereocenters. The molecule has 2 aromatic rings. The third-order valence-electron chi connectivity index (χ3n) is 3.15. The number of hydrogen-bond acceptors (Lipinski definition) is 4. The van der Waals surface area contributed by atoms with Crippen molar-refractivity contribution in [1.29, 1.82) is 0 Å². The van der Waals surface area contributed by atoms with E-state index in [2.05, 4.69) is 5.32 Å². The van der Waals surface area contributed by atoms with Crippen LogP contribution in [0, 0.1) is 0 Å². The number of carbonyl (C=O) groups is 1. The van der Waals surface area contributed by atoms with E-state index in [-0.39, 0.29) is 5.91 Å². The molecule has 1 aliphatic heterocycles. The maximum Gasteiger partial charge on any atom is 0.228 e. The van der Waals surface area contributed by atoms with Crippen molar-refractivity contribution in [2.24, 2.45) is 0 Å². The zero-order valence-corrected chi connectivity index (χ0v) is 11.8. The standard InChI is InChI=1S/C15H14N2O2S/c1-20-14-5-3-2-4-12(14)19-13-8-11-9(6-10(13)16)7-15(18)17-11/h2-6,8H,7,16H2,1H3,(H,17,18). The Morgan fingerprint density at radius 3 is 2.85 bits per heavy atom. The summed E-state index contributed by atoms with van der Waals surface area (Å²) in [7, 11) is 0. The molecule has 0 spiro atoms. The molecule has 0 aromatic heterocycles. The molecule has 20 heavy (non-hydrogen) atoms. The van der Waals surface area contributed by atoms with Gasteiger partial charge in [-0.2, -0.15) is 0 Å². The number of carbonyl (C=O) groups excluding carboxylic acids is 1. The first-order chi connectivity index (χ1) is 9.67. The molecule has 2 aromatic carbocycles. The van der Waals surface area contributed by atoms with Crippen LogP contribution in [0.1, 0.15) is 5.56 Å².